The fourth-order valence-corrected chi connectivity index (χ4v) is 5.61. The van der Waals surface area contributed by atoms with Crippen LogP contribution in [0.25, 0.3) is 44.3 Å². The molecule has 5 nitrogen and oxygen atoms in total. The summed E-state index contributed by atoms with van der Waals surface area (Å²) in [6.45, 7) is 0. The van der Waals surface area contributed by atoms with Crippen LogP contribution in [-0.4, -0.2) is 25.4 Å². The fourth-order valence-electron chi connectivity index (χ4n) is 5.61. The summed E-state index contributed by atoms with van der Waals surface area (Å²) in [7, 11) is 0. The summed E-state index contributed by atoms with van der Waals surface area (Å²) in [6.07, 6.45) is 9.20. The van der Waals surface area contributed by atoms with E-state index in [1.54, 1.807) is 0 Å². The van der Waals surface area contributed by atoms with E-state index in [0.29, 0.717) is 0 Å². The van der Waals surface area contributed by atoms with Crippen LogP contribution in [0.3, 0.4) is 0 Å². The first-order chi connectivity index (χ1) is 15.8. The Morgan fingerprint density at radius 2 is 1.22 bits per heavy atom. The van der Waals surface area contributed by atoms with Crippen molar-refractivity contribution in [1.29, 1.82) is 0 Å². The quantitative estimate of drug-likeness (QED) is 0.349. The van der Waals surface area contributed by atoms with Crippen molar-refractivity contribution >= 4 is 21.5 Å². The number of benzene rings is 2. The molecule has 0 bridgehead atoms. The van der Waals surface area contributed by atoms with Gasteiger partial charge in [-0.05, 0) is 85.7 Å². The number of hydrogen-bond donors (Lipinski definition) is 2. The number of rotatable bonds is 2. The van der Waals surface area contributed by atoms with Crippen molar-refractivity contribution < 1.29 is 0 Å². The molecule has 2 N–H and O–H groups in total. The summed E-state index contributed by atoms with van der Waals surface area (Å²) in [6, 6.07) is 15.3. The lowest BCUT2D eigenvalue weighted by Gasteiger charge is -2.14. The monoisotopic (exact) mass is 419 g/mol. The molecule has 0 radical (unpaired) electrons. The Balaban J connectivity index is 1.53. The molecular weight excluding hydrogens is 394 g/mol. The molecule has 0 saturated heterocycles. The van der Waals surface area contributed by atoms with Gasteiger partial charge in [-0.15, -0.1) is 0 Å². The molecule has 0 fully saturated rings. The van der Waals surface area contributed by atoms with Gasteiger partial charge in [-0.1, -0.05) is 24.3 Å². The molecule has 0 saturated carbocycles. The summed E-state index contributed by atoms with van der Waals surface area (Å²) >= 11 is 0. The van der Waals surface area contributed by atoms with Crippen LogP contribution in [0.15, 0.2) is 42.5 Å². The summed E-state index contributed by atoms with van der Waals surface area (Å²) in [4.78, 5) is 5.24. The van der Waals surface area contributed by atoms with Gasteiger partial charge in [0.1, 0.15) is 11.4 Å². The van der Waals surface area contributed by atoms with E-state index in [1.165, 1.54) is 64.4 Å². The summed E-state index contributed by atoms with van der Waals surface area (Å²) in [5.41, 5.74) is 9.23. The molecule has 0 spiro atoms. The third kappa shape index (κ3) is 2.73. The summed E-state index contributed by atoms with van der Waals surface area (Å²) in [5, 5.41) is 21.0. The molecule has 7 rings (SSSR count). The highest BCUT2D eigenvalue weighted by atomic mass is 15.1. The predicted octanol–water partition coefficient (Wildman–Crippen LogP) is 5.93. The molecule has 158 valence electrons. The molecule has 3 heterocycles. The number of H-pyrrole nitrogens is 2. The van der Waals surface area contributed by atoms with Gasteiger partial charge < -0.3 is 0 Å². The van der Waals surface area contributed by atoms with E-state index in [9.17, 15) is 0 Å². The topological polar surface area (TPSA) is 70.2 Å². The molecule has 5 heteroatoms. The van der Waals surface area contributed by atoms with Crippen molar-refractivity contribution in [2.45, 2.75) is 51.4 Å². The molecular formula is C27H25N5. The van der Waals surface area contributed by atoms with Gasteiger partial charge in [-0.3, -0.25) is 10.2 Å². The maximum atomic E-state index is 5.24. The Kier molecular flexibility index (Phi) is 3.98. The zero-order chi connectivity index (χ0) is 21.1. The third-order valence-corrected chi connectivity index (χ3v) is 7.28. The molecule has 0 aliphatic heterocycles. The molecule has 0 unspecified atom stereocenters. The Morgan fingerprint density at radius 1 is 0.594 bits per heavy atom. The Bertz CT molecular complexity index is 1490. The number of nitrogens with one attached hydrogen (secondary N) is 2. The maximum Gasteiger partial charge on any atom is 0.115 e. The van der Waals surface area contributed by atoms with Crippen molar-refractivity contribution in [2.75, 3.05) is 0 Å². The van der Waals surface area contributed by atoms with Crippen LogP contribution in [0.2, 0.25) is 0 Å². The average molecular weight is 420 g/mol. The lowest BCUT2D eigenvalue weighted by atomic mass is 9.92. The minimum atomic E-state index is 0.953. The molecule has 32 heavy (non-hydrogen) atoms. The highest BCUT2D eigenvalue weighted by molar-refractivity contribution is 6.05. The van der Waals surface area contributed by atoms with Crippen molar-refractivity contribution in [2.24, 2.45) is 0 Å². The van der Waals surface area contributed by atoms with E-state index in [1.807, 2.05) is 0 Å². The number of nitrogens with zero attached hydrogens (tertiary/aromatic N) is 3. The molecule has 2 aromatic carbocycles. The van der Waals surface area contributed by atoms with E-state index < -0.39 is 0 Å². The number of aromatic amines is 2. The fraction of sp³-hybridized carbons (Fsp3) is 0.296. The highest BCUT2D eigenvalue weighted by Gasteiger charge is 2.24. The lowest BCUT2D eigenvalue weighted by molar-refractivity contribution is 0.675. The van der Waals surface area contributed by atoms with Crippen LogP contribution in [0.4, 0.5) is 0 Å². The number of aryl methyl sites for hydroxylation is 2. The summed E-state index contributed by atoms with van der Waals surface area (Å²) < 4.78 is 0. The van der Waals surface area contributed by atoms with E-state index in [4.69, 9.17) is 15.2 Å². The van der Waals surface area contributed by atoms with Crippen LogP contribution in [-0.2, 0) is 25.7 Å². The molecule has 3 aromatic heterocycles. The number of aromatic nitrogens is 5. The van der Waals surface area contributed by atoms with Crippen LogP contribution in [0, 0.1) is 0 Å². The second-order valence-corrected chi connectivity index (χ2v) is 9.25. The van der Waals surface area contributed by atoms with Gasteiger partial charge in [0.25, 0.3) is 0 Å². The molecule has 0 amide bonds. The lowest BCUT2D eigenvalue weighted by Crippen LogP contribution is -2.03. The first-order valence-electron chi connectivity index (χ1n) is 11.8. The van der Waals surface area contributed by atoms with Crippen LogP contribution >= 0.6 is 0 Å². The van der Waals surface area contributed by atoms with Crippen LogP contribution < -0.4 is 0 Å². The Morgan fingerprint density at radius 3 is 1.97 bits per heavy atom. The summed E-state index contributed by atoms with van der Waals surface area (Å²) in [5.74, 6) is 0. The zero-order valence-electron chi connectivity index (χ0n) is 18.0. The second-order valence-electron chi connectivity index (χ2n) is 9.25. The third-order valence-electron chi connectivity index (χ3n) is 7.28. The molecule has 0 atom stereocenters. The largest absolute Gasteiger partial charge is 0.282 e. The Labute approximate surface area is 186 Å². The number of hydrogen-bond acceptors (Lipinski definition) is 3. The van der Waals surface area contributed by atoms with Gasteiger partial charge in [-0.25, -0.2) is 4.98 Å². The molecule has 2 aliphatic rings. The first-order valence-corrected chi connectivity index (χ1v) is 11.8. The standard InChI is InChI=1S/C27H25N5/c1-2-8-17-14-21-18(13-16(17)7-1)15-24(25-19-9-3-5-11-22(19)29-31-25)28-26(21)27-20-10-4-6-12-23(20)30-32-27/h1-2,7-8,13-15H,3-6,9-12H2,(H,29,31)(H,30,32). The second kappa shape index (κ2) is 7.02. The Hall–Kier alpha value is -3.47. The average Bonchev–Trinajstić information content (AvgIpc) is 3.47. The number of fused-ring (bicyclic) bond motifs is 4. The zero-order valence-corrected chi connectivity index (χ0v) is 18.0. The smallest absolute Gasteiger partial charge is 0.115 e. The van der Waals surface area contributed by atoms with Crippen molar-refractivity contribution in [1.82, 2.24) is 25.4 Å². The van der Waals surface area contributed by atoms with Crippen molar-refractivity contribution in [3.63, 3.8) is 0 Å². The minimum Gasteiger partial charge on any atom is -0.282 e. The van der Waals surface area contributed by atoms with Gasteiger partial charge in [0, 0.05) is 27.9 Å². The van der Waals surface area contributed by atoms with Gasteiger partial charge in [0.2, 0.25) is 0 Å². The van der Waals surface area contributed by atoms with Crippen molar-refractivity contribution in [3.8, 4) is 22.8 Å². The van der Waals surface area contributed by atoms with Crippen LogP contribution in [0.5, 0.6) is 0 Å². The van der Waals surface area contributed by atoms with E-state index in [2.05, 4.69) is 52.7 Å². The number of pyridine rings is 1. The predicted molar refractivity (Wildman–Crippen MR) is 128 cm³/mol. The van der Waals surface area contributed by atoms with Gasteiger partial charge in [-0.2, -0.15) is 10.2 Å². The van der Waals surface area contributed by atoms with Gasteiger partial charge >= 0.3 is 0 Å². The molecule has 5 aromatic rings. The van der Waals surface area contributed by atoms with E-state index in [-0.39, 0.29) is 0 Å². The van der Waals surface area contributed by atoms with Gasteiger partial charge in [0.05, 0.1) is 11.4 Å². The van der Waals surface area contributed by atoms with Crippen LogP contribution in [0.1, 0.15) is 48.2 Å². The highest BCUT2D eigenvalue weighted by Crippen LogP contribution is 2.38. The van der Waals surface area contributed by atoms with Crippen molar-refractivity contribution in [3.05, 3.63) is 65.0 Å². The maximum absolute atomic E-state index is 5.24. The van der Waals surface area contributed by atoms with Gasteiger partial charge in [0.15, 0.2) is 0 Å². The molecule has 2 aliphatic carbocycles. The minimum absolute atomic E-state index is 0.953. The van der Waals surface area contributed by atoms with E-state index in [0.717, 1.165) is 53.8 Å². The van der Waals surface area contributed by atoms with E-state index >= 15 is 0 Å². The first kappa shape index (κ1) is 18.1. The SMILES string of the molecule is c1ccc2cc3c(-c4n[nH]c5c4CCCC5)nc(-c4n[nH]c5c4CCCC5)cc3cc2c1. The normalized spacial score (nSPS) is 15.8.